The van der Waals surface area contributed by atoms with Crippen LogP contribution in [0.15, 0.2) is 54.6 Å². The van der Waals surface area contributed by atoms with Crippen LogP contribution in [0.3, 0.4) is 0 Å². The van der Waals surface area contributed by atoms with Crippen molar-refractivity contribution in [2.24, 2.45) is 0 Å². The molecule has 0 heterocycles. The number of hydrogen-bond donors (Lipinski definition) is 1. The van der Waals surface area contributed by atoms with Crippen LogP contribution in [0.25, 0.3) is 11.1 Å². The van der Waals surface area contributed by atoms with Crippen molar-refractivity contribution in [3.63, 3.8) is 0 Å². The summed E-state index contributed by atoms with van der Waals surface area (Å²) in [6.45, 7) is 0.725. The van der Waals surface area contributed by atoms with Crippen molar-refractivity contribution in [1.29, 1.82) is 0 Å². The van der Waals surface area contributed by atoms with Crippen molar-refractivity contribution in [3.05, 3.63) is 60.2 Å². The summed E-state index contributed by atoms with van der Waals surface area (Å²) in [7, 11) is 0. The molecule has 26 heavy (non-hydrogen) atoms. The maximum absolute atomic E-state index is 14.0. The lowest BCUT2D eigenvalue weighted by atomic mass is 9.82. The Kier molecular flexibility index (Phi) is 5.11. The van der Waals surface area contributed by atoms with Crippen molar-refractivity contribution in [1.82, 2.24) is 0 Å². The molecular weight excluding hydrogens is 365 g/mol. The van der Waals surface area contributed by atoms with Gasteiger partial charge in [0.25, 0.3) is 0 Å². The van der Waals surface area contributed by atoms with Gasteiger partial charge in [-0.05, 0) is 29.7 Å². The van der Waals surface area contributed by atoms with Crippen LogP contribution in [0.4, 0.5) is 30.7 Å². The van der Waals surface area contributed by atoms with Gasteiger partial charge in [-0.25, -0.2) is 4.39 Å². The maximum atomic E-state index is 14.0. The van der Waals surface area contributed by atoms with E-state index in [2.05, 4.69) is 0 Å². The molecular formula is C18H15F7O. The van der Waals surface area contributed by atoms with Gasteiger partial charge in [-0.2, -0.15) is 26.3 Å². The summed E-state index contributed by atoms with van der Waals surface area (Å²) in [6, 6.07) is 13.8. The van der Waals surface area contributed by atoms with Gasteiger partial charge in [-0.3, -0.25) is 0 Å². The second-order valence-electron chi connectivity index (χ2n) is 6.19. The van der Waals surface area contributed by atoms with Crippen LogP contribution < -0.4 is 0 Å². The predicted octanol–water partition coefficient (Wildman–Crippen LogP) is 5.78. The summed E-state index contributed by atoms with van der Waals surface area (Å²) in [5.41, 5.74) is -7.39. The zero-order chi connectivity index (χ0) is 19.8. The zero-order valence-electron chi connectivity index (χ0n) is 13.5. The van der Waals surface area contributed by atoms with Crippen LogP contribution in [0.1, 0.15) is 18.9 Å². The third-order valence-corrected chi connectivity index (χ3v) is 4.08. The minimum atomic E-state index is -6.22. The Bertz CT molecular complexity index is 734. The zero-order valence-corrected chi connectivity index (χ0v) is 13.5. The van der Waals surface area contributed by atoms with E-state index in [4.69, 9.17) is 0 Å². The van der Waals surface area contributed by atoms with Crippen LogP contribution in [-0.2, 0) is 5.60 Å². The van der Waals surface area contributed by atoms with E-state index in [1.807, 2.05) is 0 Å². The Morgan fingerprint density at radius 2 is 1.23 bits per heavy atom. The lowest BCUT2D eigenvalue weighted by molar-refractivity contribution is -0.352. The molecule has 0 saturated heterocycles. The van der Waals surface area contributed by atoms with E-state index in [9.17, 15) is 35.8 Å². The molecule has 0 aliphatic heterocycles. The topological polar surface area (TPSA) is 20.2 Å². The third kappa shape index (κ3) is 3.85. The first-order valence-corrected chi connectivity index (χ1v) is 7.49. The smallest absolute Gasteiger partial charge is 0.385 e. The van der Waals surface area contributed by atoms with Crippen LogP contribution in [-0.4, -0.2) is 23.1 Å². The molecule has 8 heteroatoms. The van der Waals surface area contributed by atoms with Gasteiger partial charge < -0.3 is 5.11 Å². The van der Waals surface area contributed by atoms with Gasteiger partial charge in [0.1, 0.15) is 0 Å². The quantitative estimate of drug-likeness (QED) is 0.667. The number of aliphatic hydroxyl groups is 1. The second-order valence-corrected chi connectivity index (χ2v) is 6.19. The molecule has 0 amide bonds. The Balaban J connectivity index is 2.44. The average molecular weight is 380 g/mol. The fourth-order valence-electron chi connectivity index (χ4n) is 2.60. The predicted molar refractivity (Wildman–Crippen MR) is 82.0 cm³/mol. The second kappa shape index (κ2) is 6.57. The minimum Gasteiger partial charge on any atom is -0.385 e. The highest BCUT2D eigenvalue weighted by atomic mass is 19.4. The molecule has 1 N–H and O–H groups in total. The standard InChI is InChI=1S/C18H15F7O/c1-15(26,11-16(19,17(20,21)22)18(23,24)25)14-9-5-8-13(10-14)12-6-3-2-4-7-12/h2-10,26H,11H2,1H3. The van der Waals surface area contributed by atoms with E-state index >= 15 is 0 Å². The van der Waals surface area contributed by atoms with E-state index in [-0.39, 0.29) is 5.56 Å². The number of benzene rings is 2. The van der Waals surface area contributed by atoms with E-state index in [0.717, 1.165) is 13.0 Å². The van der Waals surface area contributed by atoms with E-state index in [1.165, 1.54) is 12.1 Å². The molecule has 142 valence electrons. The van der Waals surface area contributed by atoms with Gasteiger partial charge in [-0.15, -0.1) is 0 Å². The first-order chi connectivity index (χ1) is 11.8. The summed E-state index contributed by atoms with van der Waals surface area (Å²) < 4.78 is 90.7. The van der Waals surface area contributed by atoms with Crippen LogP contribution in [0, 0.1) is 0 Å². The first-order valence-electron chi connectivity index (χ1n) is 7.49. The molecule has 2 aromatic carbocycles. The highest BCUT2D eigenvalue weighted by Crippen LogP contribution is 2.52. The van der Waals surface area contributed by atoms with E-state index in [0.29, 0.717) is 11.1 Å². The van der Waals surface area contributed by atoms with Gasteiger partial charge in [0.2, 0.25) is 0 Å². The highest BCUT2D eigenvalue weighted by Gasteiger charge is 2.73. The molecule has 1 unspecified atom stereocenters. The summed E-state index contributed by atoms with van der Waals surface area (Å²) in [6.07, 6.45) is -14.6. The summed E-state index contributed by atoms with van der Waals surface area (Å²) in [5.74, 6) is 0. The number of rotatable bonds is 4. The van der Waals surface area contributed by atoms with E-state index < -0.39 is 30.0 Å². The maximum Gasteiger partial charge on any atom is 0.431 e. The van der Waals surface area contributed by atoms with Crippen molar-refractivity contribution < 1.29 is 35.8 Å². The Morgan fingerprint density at radius 1 is 0.731 bits per heavy atom. The molecule has 1 atom stereocenters. The normalized spacial score (nSPS) is 15.6. The molecule has 0 saturated carbocycles. The Morgan fingerprint density at radius 3 is 1.73 bits per heavy atom. The van der Waals surface area contributed by atoms with Crippen LogP contribution >= 0.6 is 0 Å². The fourth-order valence-corrected chi connectivity index (χ4v) is 2.60. The van der Waals surface area contributed by atoms with Gasteiger partial charge in [-0.1, -0.05) is 48.5 Å². The molecule has 0 radical (unpaired) electrons. The summed E-state index contributed by atoms with van der Waals surface area (Å²) >= 11 is 0. The van der Waals surface area contributed by atoms with Gasteiger partial charge >= 0.3 is 18.0 Å². The monoisotopic (exact) mass is 380 g/mol. The lowest BCUT2D eigenvalue weighted by Gasteiger charge is -2.36. The molecule has 0 spiro atoms. The first kappa shape index (κ1) is 20.2. The van der Waals surface area contributed by atoms with Crippen molar-refractivity contribution in [3.8, 4) is 11.1 Å². The minimum absolute atomic E-state index is 0.255. The fraction of sp³-hybridized carbons (Fsp3) is 0.333. The van der Waals surface area contributed by atoms with Gasteiger partial charge in [0.05, 0.1) is 5.60 Å². The number of alkyl halides is 7. The number of halogens is 7. The van der Waals surface area contributed by atoms with Gasteiger partial charge in [0.15, 0.2) is 0 Å². The third-order valence-electron chi connectivity index (χ3n) is 4.08. The molecule has 0 aliphatic carbocycles. The van der Waals surface area contributed by atoms with Crippen molar-refractivity contribution in [2.45, 2.75) is 37.0 Å². The largest absolute Gasteiger partial charge is 0.431 e. The SMILES string of the molecule is CC(O)(CC(F)(C(F)(F)F)C(F)(F)F)c1cccc(-c2ccccc2)c1. The average Bonchev–Trinajstić information content (AvgIpc) is 2.53. The summed E-state index contributed by atoms with van der Waals surface area (Å²) in [4.78, 5) is 0. The Labute approximate surface area is 145 Å². The van der Waals surface area contributed by atoms with Crippen molar-refractivity contribution in [2.75, 3.05) is 0 Å². The number of hydrogen-bond acceptors (Lipinski definition) is 1. The Hall–Kier alpha value is -2.09. The van der Waals surface area contributed by atoms with Crippen LogP contribution in [0.2, 0.25) is 0 Å². The highest BCUT2D eigenvalue weighted by molar-refractivity contribution is 5.64. The molecule has 0 bridgehead atoms. The molecule has 0 aliphatic rings. The molecule has 2 aromatic rings. The van der Waals surface area contributed by atoms with E-state index in [1.54, 1.807) is 36.4 Å². The van der Waals surface area contributed by atoms with Crippen LogP contribution in [0.5, 0.6) is 0 Å². The van der Waals surface area contributed by atoms with Gasteiger partial charge in [0, 0.05) is 6.42 Å². The molecule has 2 rings (SSSR count). The molecule has 0 fully saturated rings. The lowest BCUT2D eigenvalue weighted by Crippen LogP contribution is -2.56. The summed E-state index contributed by atoms with van der Waals surface area (Å²) in [5, 5.41) is 10.3. The molecule has 1 nitrogen and oxygen atoms in total. The van der Waals surface area contributed by atoms with Crippen molar-refractivity contribution >= 4 is 0 Å². The molecule has 0 aromatic heterocycles.